The summed E-state index contributed by atoms with van der Waals surface area (Å²) >= 11 is 0. The van der Waals surface area contributed by atoms with Gasteiger partial charge in [-0.05, 0) is 19.1 Å². The van der Waals surface area contributed by atoms with Crippen LogP contribution in [0.2, 0.25) is 0 Å². The Hall–Kier alpha value is -3.54. The van der Waals surface area contributed by atoms with Gasteiger partial charge in [0.15, 0.2) is 0 Å². The predicted molar refractivity (Wildman–Crippen MR) is 102 cm³/mol. The molecule has 28 heavy (non-hydrogen) atoms. The molecule has 0 bridgehead atoms. The maximum Gasteiger partial charge on any atom is 0.271 e. The Morgan fingerprint density at radius 3 is 2.11 bits per heavy atom. The second-order valence-corrected chi connectivity index (χ2v) is 7.67. The molecule has 148 valence electrons. The normalized spacial score (nSPS) is 12.1. The summed E-state index contributed by atoms with van der Waals surface area (Å²) in [6, 6.07) is 8.73. The fraction of sp³-hybridized carbons (Fsp3) is 0.188. The lowest BCUT2D eigenvalue weighted by atomic mass is 10.2. The second kappa shape index (κ2) is 8.00. The van der Waals surface area contributed by atoms with Gasteiger partial charge in [-0.25, -0.2) is 8.42 Å². The van der Waals surface area contributed by atoms with Gasteiger partial charge in [-0.3, -0.25) is 29.3 Å². The third-order valence-electron chi connectivity index (χ3n) is 3.71. The summed E-state index contributed by atoms with van der Waals surface area (Å²) in [5, 5.41) is 24.2. The first-order chi connectivity index (χ1) is 13.0. The fourth-order valence-corrected chi connectivity index (χ4v) is 3.66. The molecule has 0 spiro atoms. The van der Waals surface area contributed by atoms with Crippen molar-refractivity contribution < 1.29 is 23.1 Å². The van der Waals surface area contributed by atoms with E-state index in [0.29, 0.717) is 0 Å². The highest BCUT2D eigenvalue weighted by Gasteiger charge is 2.30. The number of carbonyl (C=O) groups is 1. The number of nitro groups is 2. The monoisotopic (exact) mass is 408 g/mol. The van der Waals surface area contributed by atoms with Crippen LogP contribution in [0.5, 0.6) is 0 Å². The van der Waals surface area contributed by atoms with Crippen molar-refractivity contribution in [2.24, 2.45) is 0 Å². The number of rotatable bonds is 7. The van der Waals surface area contributed by atoms with Crippen molar-refractivity contribution in [3.8, 4) is 0 Å². The van der Waals surface area contributed by atoms with Gasteiger partial charge in [0.2, 0.25) is 15.9 Å². The van der Waals surface area contributed by atoms with E-state index in [9.17, 15) is 33.4 Å². The van der Waals surface area contributed by atoms with E-state index < -0.39 is 31.8 Å². The first kappa shape index (κ1) is 20.8. The zero-order valence-corrected chi connectivity index (χ0v) is 15.6. The number of carbonyl (C=O) groups excluding carboxylic acids is 1. The van der Waals surface area contributed by atoms with E-state index in [1.165, 1.54) is 43.3 Å². The number of benzene rings is 2. The summed E-state index contributed by atoms with van der Waals surface area (Å²) in [7, 11) is -3.98. The van der Waals surface area contributed by atoms with Gasteiger partial charge >= 0.3 is 0 Å². The van der Waals surface area contributed by atoms with Crippen molar-refractivity contribution >= 4 is 38.7 Å². The smallest absolute Gasteiger partial charge is 0.271 e. The Kier molecular flexibility index (Phi) is 5.93. The van der Waals surface area contributed by atoms with Crippen molar-refractivity contribution in [2.75, 3.05) is 15.9 Å². The highest BCUT2D eigenvalue weighted by molar-refractivity contribution is 7.92. The molecule has 2 aromatic rings. The van der Waals surface area contributed by atoms with Gasteiger partial charge in [-0.2, -0.15) is 0 Å². The third-order valence-corrected chi connectivity index (χ3v) is 4.95. The molecule has 12 heteroatoms. The number of anilines is 2. The van der Waals surface area contributed by atoms with Gasteiger partial charge in [0.25, 0.3) is 11.4 Å². The van der Waals surface area contributed by atoms with Crippen LogP contribution in [0.1, 0.15) is 6.92 Å². The summed E-state index contributed by atoms with van der Waals surface area (Å²) < 4.78 is 25.2. The molecule has 0 aliphatic carbocycles. The summed E-state index contributed by atoms with van der Waals surface area (Å²) in [6.45, 7) is 1.30. The summed E-state index contributed by atoms with van der Waals surface area (Å²) in [5.74, 6) is -0.766. The Balaban J connectivity index is 2.36. The maximum absolute atomic E-state index is 12.6. The number of amides is 1. The quantitative estimate of drug-likeness (QED) is 0.545. The van der Waals surface area contributed by atoms with Crippen LogP contribution in [-0.2, 0) is 14.8 Å². The van der Waals surface area contributed by atoms with Gasteiger partial charge in [0.05, 0.1) is 21.8 Å². The lowest BCUT2D eigenvalue weighted by Crippen LogP contribution is -2.45. The number of nitro benzene ring substituents is 2. The average Bonchev–Trinajstić information content (AvgIpc) is 2.61. The molecular formula is C16H16N4O7S. The molecule has 1 atom stereocenters. The van der Waals surface area contributed by atoms with E-state index in [1.807, 2.05) is 0 Å². The lowest BCUT2D eigenvalue weighted by molar-refractivity contribution is -0.385. The molecule has 0 aliphatic heterocycles. The molecule has 1 N–H and O–H groups in total. The first-order valence-corrected chi connectivity index (χ1v) is 9.64. The third kappa shape index (κ3) is 4.79. The molecule has 11 nitrogen and oxygen atoms in total. The van der Waals surface area contributed by atoms with Crippen LogP contribution in [-0.4, -0.2) is 36.5 Å². The van der Waals surface area contributed by atoms with Crippen LogP contribution in [0.4, 0.5) is 22.7 Å². The van der Waals surface area contributed by atoms with Crippen LogP contribution in [0.25, 0.3) is 0 Å². The van der Waals surface area contributed by atoms with E-state index in [0.717, 1.165) is 22.7 Å². The number of hydrogen-bond donors (Lipinski definition) is 1. The van der Waals surface area contributed by atoms with Gasteiger partial charge in [-0.15, -0.1) is 0 Å². The standard InChI is InChI=1S/C16H16N4O7S/c1-11(16(21)17-12-5-3-7-14(9-12)19(22)23)18(28(2,26)27)13-6-4-8-15(10-13)20(24)25/h3-11H,1-2H3,(H,17,21). The largest absolute Gasteiger partial charge is 0.324 e. The van der Waals surface area contributed by atoms with Crippen molar-refractivity contribution in [1.29, 1.82) is 0 Å². The zero-order valence-electron chi connectivity index (χ0n) is 14.8. The Morgan fingerprint density at radius 1 is 1.04 bits per heavy atom. The SMILES string of the molecule is CC(C(=O)Nc1cccc([N+](=O)[O-])c1)N(c1cccc([N+](=O)[O-])c1)S(C)(=O)=O. The van der Waals surface area contributed by atoms with E-state index >= 15 is 0 Å². The molecule has 1 unspecified atom stereocenters. The van der Waals surface area contributed by atoms with Gasteiger partial charge in [0.1, 0.15) is 6.04 Å². The average molecular weight is 408 g/mol. The van der Waals surface area contributed by atoms with Crippen molar-refractivity contribution in [2.45, 2.75) is 13.0 Å². The molecule has 0 heterocycles. The second-order valence-electron chi connectivity index (χ2n) is 5.81. The van der Waals surface area contributed by atoms with E-state index in [4.69, 9.17) is 0 Å². The molecular weight excluding hydrogens is 392 g/mol. The minimum atomic E-state index is -3.98. The van der Waals surface area contributed by atoms with E-state index in [-0.39, 0.29) is 22.7 Å². The lowest BCUT2D eigenvalue weighted by Gasteiger charge is -2.28. The van der Waals surface area contributed by atoms with Crippen LogP contribution < -0.4 is 9.62 Å². The molecule has 0 saturated carbocycles. The summed E-state index contributed by atoms with van der Waals surface area (Å²) in [4.78, 5) is 33.0. The molecule has 0 aliphatic rings. The highest BCUT2D eigenvalue weighted by Crippen LogP contribution is 2.26. The summed E-state index contributed by atoms with van der Waals surface area (Å²) in [5.41, 5.74) is -0.529. The number of non-ortho nitro benzene ring substituents is 2. The first-order valence-electron chi connectivity index (χ1n) is 7.80. The molecule has 0 radical (unpaired) electrons. The van der Waals surface area contributed by atoms with Gasteiger partial charge in [0, 0.05) is 30.0 Å². The number of nitrogens with one attached hydrogen (secondary N) is 1. The van der Waals surface area contributed by atoms with Crippen LogP contribution in [0.3, 0.4) is 0 Å². The molecule has 2 rings (SSSR count). The fourth-order valence-electron chi connectivity index (χ4n) is 2.50. The zero-order chi connectivity index (χ0) is 21.1. The number of sulfonamides is 1. The van der Waals surface area contributed by atoms with Crippen molar-refractivity contribution in [3.63, 3.8) is 0 Å². The number of hydrogen-bond acceptors (Lipinski definition) is 7. The predicted octanol–water partition coefficient (Wildman–Crippen LogP) is 2.30. The van der Waals surface area contributed by atoms with E-state index in [2.05, 4.69) is 5.32 Å². The minimum absolute atomic E-state index is 0.0570. The molecule has 0 fully saturated rings. The van der Waals surface area contributed by atoms with Gasteiger partial charge < -0.3 is 5.32 Å². The topological polar surface area (TPSA) is 153 Å². The van der Waals surface area contributed by atoms with Crippen molar-refractivity contribution in [3.05, 3.63) is 68.8 Å². The van der Waals surface area contributed by atoms with Crippen molar-refractivity contribution in [1.82, 2.24) is 0 Å². The summed E-state index contributed by atoms with van der Waals surface area (Å²) in [6.07, 6.45) is 0.864. The molecule has 0 aromatic heterocycles. The Labute approximate surface area is 159 Å². The van der Waals surface area contributed by atoms with Crippen LogP contribution in [0.15, 0.2) is 48.5 Å². The number of nitrogens with zero attached hydrogens (tertiary/aromatic N) is 3. The molecule has 1 amide bonds. The Morgan fingerprint density at radius 2 is 1.57 bits per heavy atom. The minimum Gasteiger partial charge on any atom is -0.324 e. The molecule has 2 aromatic carbocycles. The van der Waals surface area contributed by atoms with Crippen LogP contribution in [0, 0.1) is 20.2 Å². The Bertz CT molecular complexity index is 1040. The molecule has 0 saturated heterocycles. The van der Waals surface area contributed by atoms with E-state index in [1.54, 1.807) is 0 Å². The maximum atomic E-state index is 12.6. The van der Waals surface area contributed by atoms with Crippen LogP contribution >= 0.6 is 0 Å². The highest BCUT2D eigenvalue weighted by atomic mass is 32.2. The van der Waals surface area contributed by atoms with Gasteiger partial charge in [-0.1, -0.05) is 12.1 Å².